The summed E-state index contributed by atoms with van der Waals surface area (Å²) in [6.07, 6.45) is 1.61. The van der Waals surface area contributed by atoms with Crippen molar-refractivity contribution in [3.63, 3.8) is 0 Å². The number of nitrogens with one attached hydrogen (secondary N) is 1. The van der Waals surface area contributed by atoms with Crippen LogP contribution in [0.3, 0.4) is 0 Å². The van der Waals surface area contributed by atoms with Crippen LogP contribution in [0.4, 0.5) is 5.82 Å². The monoisotopic (exact) mass is 228 g/mol. The second-order valence-corrected chi connectivity index (χ2v) is 4.17. The molecule has 0 aliphatic rings. The molecule has 4 heteroatoms. The number of anilines is 1. The van der Waals surface area contributed by atoms with Gasteiger partial charge in [-0.1, -0.05) is 6.07 Å². The van der Waals surface area contributed by atoms with Gasteiger partial charge in [0.25, 0.3) is 0 Å². The SMILES string of the molecule is CNc1cnnc(-c2cc(C)c(C)cc2C)n1. The van der Waals surface area contributed by atoms with Crippen LogP contribution < -0.4 is 5.32 Å². The maximum Gasteiger partial charge on any atom is 0.184 e. The highest BCUT2D eigenvalue weighted by Gasteiger charge is 2.08. The number of aromatic nitrogens is 3. The van der Waals surface area contributed by atoms with Gasteiger partial charge in [0.05, 0.1) is 6.20 Å². The van der Waals surface area contributed by atoms with E-state index in [0.717, 1.165) is 11.4 Å². The Balaban J connectivity index is 2.56. The van der Waals surface area contributed by atoms with Gasteiger partial charge in [0.15, 0.2) is 5.82 Å². The summed E-state index contributed by atoms with van der Waals surface area (Å²) in [6, 6.07) is 4.27. The van der Waals surface area contributed by atoms with Crippen molar-refractivity contribution >= 4 is 5.82 Å². The maximum atomic E-state index is 4.41. The minimum atomic E-state index is 0.664. The van der Waals surface area contributed by atoms with Gasteiger partial charge in [-0.3, -0.25) is 0 Å². The average molecular weight is 228 g/mol. The van der Waals surface area contributed by atoms with Crippen molar-refractivity contribution in [3.05, 3.63) is 35.0 Å². The van der Waals surface area contributed by atoms with E-state index >= 15 is 0 Å². The van der Waals surface area contributed by atoms with E-state index in [2.05, 4.69) is 53.4 Å². The third-order valence-electron chi connectivity index (χ3n) is 2.90. The zero-order valence-electron chi connectivity index (χ0n) is 10.6. The van der Waals surface area contributed by atoms with E-state index in [4.69, 9.17) is 0 Å². The maximum absolute atomic E-state index is 4.41. The van der Waals surface area contributed by atoms with Gasteiger partial charge in [-0.15, -0.1) is 5.10 Å². The van der Waals surface area contributed by atoms with Crippen molar-refractivity contribution in [2.24, 2.45) is 0 Å². The predicted octanol–water partition coefficient (Wildman–Crippen LogP) is 2.51. The molecule has 0 unspecified atom stereocenters. The molecule has 1 aromatic carbocycles. The van der Waals surface area contributed by atoms with Crippen molar-refractivity contribution in [2.75, 3.05) is 12.4 Å². The molecule has 0 aliphatic heterocycles. The van der Waals surface area contributed by atoms with Crippen molar-refractivity contribution in [1.82, 2.24) is 15.2 Å². The number of hydrogen-bond donors (Lipinski definition) is 1. The summed E-state index contributed by atoms with van der Waals surface area (Å²) in [6.45, 7) is 6.26. The zero-order valence-corrected chi connectivity index (χ0v) is 10.6. The predicted molar refractivity (Wildman–Crippen MR) is 69.0 cm³/mol. The molecule has 0 spiro atoms. The van der Waals surface area contributed by atoms with Crippen LogP contribution in [0.5, 0.6) is 0 Å². The molecular formula is C13H16N4. The normalized spacial score (nSPS) is 10.4. The summed E-state index contributed by atoms with van der Waals surface area (Å²) in [5.41, 5.74) is 4.73. The first-order valence-electron chi connectivity index (χ1n) is 5.57. The highest BCUT2D eigenvalue weighted by molar-refractivity contribution is 5.62. The fraction of sp³-hybridized carbons (Fsp3) is 0.308. The molecule has 88 valence electrons. The Morgan fingerprint density at radius 1 is 1.00 bits per heavy atom. The fourth-order valence-electron chi connectivity index (χ4n) is 1.74. The van der Waals surface area contributed by atoms with Gasteiger partial charge in [-0.05, 0) is 43.5 Å². The van der Waals surface area contributed by atoms with Crippen LogP contribution in [0.1, 0.15) is 16.7 Å². The van der Waals surface area contributed by atoms with E-state index in [9.17, 15) is 0 Å². The highest BCUT2D eigenvalue weighted by Crippen LogP contribution is 2.23. The Labute approximate surface area is 101 Å². The zero-order chi connectivity index (χ0) is 12.4. The van der Waals surface area contributed by atoms with E-state index in [-0.39, 0.29) is 0 Å². The number of nitrogens with zero attached hydrogens (tertiary/aromatic N) is 3. The summed E-state index contributed by atoms with van der Waals surface area (Å²) in [4.78, 5) is 4.41. The van der Waals surface area contributed by atoms with Crippen LogP contribution in [0.2, 0.25) is 0 Å². The fourth-order valence-corrected chi connectivity index (χ4v) is 1.74. The van der Waals surface area contributed by atoms with Crippen LogP contribution in [0.15, 0.2) is 18.3 Å². The van der Waals surface area contributed by atoms with Crippen molar-refractivity contribution in [2.45, 2.75) is 20.8 Å². The molecule has 2 rings (SSSR count). The summed E-state index contributed by atoms with van der Waals surface area (Å²) >= 11 is 0. The molecule has 1 aromatic heterocycles. The molecule has 17 heavy (non-hydrogen) atoms. The number of benzene rings is 1. The van der Waals surface area contributed by atoms with Crippen LogP contribution in [-0.2, 0) is 0 Å². The molecule has 4 nitrogen and oxygen atoms in total. The molecular weight excluding hydrogens is 212 g/mol. The lowest BCUT2D eigenvalue weighted by Crippen LogP contribution is -2.00. The third kappa shape index (κ3) is 2.25. The van der Waals surface area contributed by atoms with Gasteiger partial charge in [0.1, 0.15) is 5.82 Å². The number of rotatable bonds is 2. The van der Waals surface area contributed by atoms with Crippen molar-refractivity contribution in [1.29, 1.82) is 0 Å². The lowest BCUT2D eigenvalue weighted by molar-refractivity contribution is 0.978. The Hall–Kier alpha value is -1.97. The molecule has 0 bridgehead atoms. The number of hydrogen-bond acceptors (Lipinski definition) is 4. The topological polar surface area (TPSA) is 50.7 Å². The smallest absolute Gasteiger partial charge is 0.184 e. The Morgan fingerprint density at radius 3 is 2.41 bits per heavy atom. The molecule has 0 atom stereocenters. The van der Waals surface area contributed by atoms with Crippen LogP contribution in [-0.4, -0.2) is 22.2 Å². The Kier molecular flexibility index (Phi) is 3.04. The van der Waals surface area contributed by atoms with Gasteiger partial charge in [-0.2, -0.15) is 5.10 Å². The lowest BCUT2D eigenvalue weighted by atomic mass is 10.0. The van der Waals surface area contributed by atoms with E-state index in [1.54, 1.807) is 6.20 Å². The third-order valence-corrected chi connectivity index (χ3v) is 2.90. The summed E-state index contributed by atoms with van der Waals surface area (Å²) in [5, 5.41) is 11.0. The second-order valence-electron chi connectivity index (χ2n) is 4.17. The molecule has 1 N–H and O–H groups in total. The van der Waals surface area contributed by atoms with E-state index in [0.29, 0.717) is 5.82 Å². The summed E-state index contributed by atoms with van der Waals surface area (Å²) < 4.78 is 0. The van der Waals surface area contributed by atoms with Crippen molar-refractivity contribution < 1.29 is 0 Å². The van der Waals surface area contributed by atoms with Crippen LogP contribution in [0.25, 0.3) is 11.4 Å². The standard InChI is InChI=1S/C13H16N4/c1-8-5-10(3)11(6-9(8)2)13-16-12(14-4)7-15-17-13/h5-7H,1-4H3,(H,14,16,17). The molecule has 0 amide bonds. The summed E-state index contributed by atoms with van der Waals surface area (Å²) in [5.74, 6) is 1.39. The van der Waals surface area contributed by atoms with E-state index in [1.807, 2.05) is 7.05 Å². The van der Waals surface area contributed by atoms with Crippen LogP contribution >= 0.6 is 0 Å². The Bertz CT molecular complexity index is 549. The highest BCUT2D eigenvalue weighted by atomic mass is 15.2. The van der Waals surface area contributed by atoms with E-state index < -0.39 is 0 Å². The molecule has 2 aromatic rings. The lowest BCUT2D eigenvalue weighted by Gasteiger charge is -2.08. The first-order valence-corrected chi connectivity index (χ1v) is 5.57. The first kappa shape index (κ1) is 11.5. The Morgan fingerprint density at radius 2 is 1.71 bits per heavy atom. The number of aryl methyl sites for hydroxylation is 3. The quantitative estimate of drug-likeness (QED) is 0.858. The molecule has 0 aliphatic carbocycles. The van der Waals surface area contributed by atoms with Gasteiger partial charge < -0.3 is 5.32 Å². The second kappa shape index (κ2) is 4.49. The van der Waals surface area contributed by atoms with Gasteiger partial charge in [-0.25, -0.2) is 4.98 Å². The van der Waals surface area contributed by atoms with Gasteiger partial charge >= 0.3 is 0 Å². The van der Waals surface area contributed by atoms with Crippen molar-refractivity contribution in [3.8, 4) is 11.4 Å². The average Bonchev–Trinajstić information content (AvgIpc) is 2.34. The molecule has 0 radical (unpaired) electrons. The molecule has 0 saturated carbocycles. The van der Waals surface area contributed by atoms with Crippen LogP contribution in [0, 0.1) is 20.8 Å². The van der Waals surface area contributed by atoms with E-state index in [1.165, 1.54) is 16.7 Å². The minimum Gasteiger partial charge on any atom is -0.372 e. The minimum absolute atomic E-state index is 0.664. The molecule has 1 heterocycles. The summed E-state index contributed by atoms with van der Waals surface area (Å²) in [7, 11) is 1.82. The van der Waals surface area contributed by atoms with Gasteiger partial charge in [0, 0.05) is 12.6 Å². The van der Waals surface area contributed by atoms with Gasteiger partial charge in [0.2, 0.25) is 0 Å². The molecule has 0 fully saturated rings. The molecule has 0 saturated heterocycles. The first-order chi connectivity index (χ1) is 8.11. The largest absolute Gasteiger partial charge is 0.372 e.